The third-order valence-corrected chi connectivity index (χ3v) is 6.64. The molecule has 2 aliphatic heterocycles. The van der Waals surface area contributed by atoms with Gasteiger partial charge in [-0.15, -0.1) is 0 Å². The molecule has 2 N–H and O–H groups in total. The van der Waals surface area contributed by atoms with Crippen LogP contribution in [0, 0.1) is 0 Å². The van der Waals surface area contributed by atoms with Gasteiger partial charge in [-0.05, 0) is 75.2 Å². The number of aliphatic hydroxyl groups is 1. The molecule has 1 atom stereocenters. The smallest absolute Gasteiger partial charge is 0.270 e. The van der Waals surface area contributed by atoms with Crippen LogP contribution in [0.2, 0.25) is 0 Å². The highest BCUT2D eigenvalue weighted by Gasteiger charge is 2.44. The van der Waals surface area contributed by atoms with Crippen molar-refractivity contribution in [3.05, 3.63) is 82.4 Å². The van der Waals surface area contributed by atoms with Crippen LogP contribution in [0.5, 0.6) is 34.5 Å². The molecule has 0 aromatic heterocycles. The van der Waals surface area contributed by atoms with Gasteiger partial charge in [0, 0.05) is 34.4 Å². The number of hydrogen-bond donors (Lipinski definition) is 2. The van der Waals surface area contributed by atoms with Crippen LogP contribution in [0.4, 0.5) is 0 Å². The average Bonchev–Trinajstić information content (AvgIpc) is 2.94. The van der Waals surface area contributed by atoms with E-state index < -0.39 is 5.79 Å². The first-order valence-electron chi connectivity index (χ1n) is 12.8. The molecule has 2 aliphatic rings. The van der Waals surface area contributed by atoms with E-state index in [4.69, 9.17) is 23.7 Å². The summed E-state index contributed by atoms with van der Waals surface area (Å²) in [5.41, 5.74) is 4.81. The fraction of sp³-hybridized carbons (Fsp3) is 0.281. The molecule has 8 nitrogen and oxygen atoms in total. The summed E-state index contributed by atoms with van der Waals surface area (Å²) in [6, 6.07) is 14.0. The lowest BCUT2D eigenvalue weighted by molar-refractivity contribution is -0.116. The number of allylic oxidation sites excluding steroid dienone is 2. The van der Waals surface area contributed by atoms with Crippen molar-refractivity contribution in [2.45, 2.75) is 33.0 Å². The molecule has 3 aromatic rings. The van der Waals surface area contributed by atoms with E-state index in [1.54, 1.807) is 57.7 Å². The highest BCUT2D eigenvalue weighted by atomic mass is 16.7. The fourth-order valence-electron chi connectivity index (χ4n) is 4.40. The number of hydrogen-bond acceptors (Lipinski definition) is 8. The van der Waals surface area contributed by atoms with Crippen molar-refractivity contribution in [1.29, 1.82) is 0 Å². The number of ether oxygens (including phenoxy) is 5. The van der Waals surface area contributed by atoms with Gasteiger partial charge in [0.25, 0.3) is 5.79 Å². The molecule has 0 saturated heterocycles. The Balaban J connectivity index is 0.000000212. The number of ketones is 1. The number of aromatic hydroxyl groups is 1. The Hall–Kier alpha value is -4.43. The first-order valence-corrected chi connectivity index (χ1v) is 12.8. The van der Waals surface area contributed by atoms with Gasteiger partial charge in [-0.3, -0.25) is 4.79 Å². The van der Waals surface area contributed by atoms with Gasteiger partial charge in [0.2, 0.25) is 0 Å². The Labute approximate surface area is 234 Å². The maximum absolute atomic E-state index is 11.1. The van der Waals surface area contributed by atoms with Crippen molar-refractivity contribution >= 4 is 17.4 Å². The molecule has 0 saturated carbocycles. The van der Waals surface area contributed by atoms with Gasteiger partial charge in [-0.1, -0.05) is 11.6 Å². The van der Waals surface area contributed by atoms with E-state index in [1.807, 2.05) is 38.1 Å². The summed E-state index contributed by atoms with van der Waals surface area (Å²) in [6.45, 7) is 5.51. The highest BCUT2D eigenvalue weighted by Crippen LogP contribution is 2.49. The molecule has 0 radical (unpaired) electrons. The summed E-state index contributed by atoms with van der Waals surface area (Å²) in [6.07, 6.45) is 4.58. The van der Waals surface area contributed by atoms with Crippen molar-refractivity contribution < 1.29 is 38.7 Å². The summed E-state index contributed by atoms with van der Waals surface area (Å²) >= 11 is 0. The Morgan fingerprint density at radius 1 is 0.950 bits per heavy atom. The lowest BCUT2D eigenvalue weighted by atomic mass is 9.90. The van der Waals surface area contributed by atoms with Gasteiger partial charge >= 0.3 is 0 Å². The second-order valence-corrected chi connectivity index (χ2v) is 9.73. The number of phenols is 1. The van der Waals surface area contributed by atoms with Gasteiger partial charge in [0.15, 0.2) is 23.9 Å². The van der Waals surface area contributed by atoms with Crippen molar-refractivity contribution in [3.8, 4) is 34.5 Å². The quantitative estimate of drug-likeness (QED) is 0.294. The summed E-state index contributed by atoms with van der Waals surface area (Å²) < 4.78 is 27.5. The first kappa shape index (κ1) is 28.6. The lowest BCUT2D eigenvalue weighted by Gasteiger charge is -2.39. The van der Waals surface area contributed by atoms with E-state index in [0.29, 0.717) is 51.9 Å². The third-order valence-electron chi connectivity index (χ3n) is 6.64. The largest absolute Gasteiger partial charge is 0.508 e. The molecule has 5 rings (SSSR count). The molecule has 8 heteroatoms. The van der Waals surface area contributed by atoms with Crippen LogP contribution in [0.3, 0.4) is 0 Å². The van der Waals surface area contributed by atoms with Crippen LogP contribution in [0.1, 0.15) is 47.8 Å². The highest BCUT2D eigenvalue weighted by molar-refractivity contribution is 5.94. The van der Waals surface area contributed by atoms with Crippen LogP contribution in [-0.4, -0.2) is 49.7 Å². The van der Waals surface area contributed by atoms with E-state index in [9.17, 15) is 15.0 Å². The van der Waals surface area contributed by atoms with Gasteiger partial charge in [-0.2, -0.15) is 0 Å². The minimum atomic E-state index is -1.58. The topological polar surface area (TPSA) is 104 Å². The normalized spacial score (nSPS) is 16.2. The standard InChI is InChI=1S/C19H18O6.C13H16O2/c1-21-12-5-4-11-6-14-13-8-17(22-2)18(23-3)9-16(13)24-10-19(14,20)25-15(11)7-12;1-9(2)4-5-12-8-11(10(3)14)6-7-13(12)15/h4-9,20H,10H2,1-3H3;4,6-8,15H,5H2,1-3H3. The molecule has 3 aromatic carbocycles. The van der Waals surface area contributed by atoms with Crippen LogP contribution in [0.25, 0.3) is 11.6 Å². The number of carbonyl (C=O) groups excluding carboxylic acids is 1. The first-order chi connectivity index (χ1) is 19.1. The Morgan fingerprint density at radius 3 is 2.33 bits per heavy atom. The van der Waals surface area contributed by atoms with E-state index in [-0.39, 0.29) is 18.1 Å². The number of rotatable bonds is 6. The van der Waals surface area contributed by atoms with Crippen LogP contribution in [-0.2, 0) is 6.42 Å². The van der Waals surface area contributed by atoms with Gasteiger partial charge in [0.05, 0.1) is 21.3 Å². The number of carbonyl (C=O) groups is 1. The summed E-state index contributed by atoms with van der Waals surface area (Å²) in [5.74, 6) is 1.61. The fourth-order valence-corrected chi connectivity index (χ4v) is 4.40. The number of benzene rings is 3. The van der Waals surface area contributed by atoms with Gasteiger partial charge in [0.1, 0.15) is 23.0 Å². The van der Waals surface area contributed by atoms with Crippen LogP contribution >= 0.6 is 0 Å². The zero-order valence-corrected chi connectivity index (χ0v) is 23.5. The molecule has 0 aliphatic carbocycles. The van der Waals surface area contributed by atoms with Crippen molar-refractivity contribution in [3.63, 3.8) is 0 Å². The molecule has 0 amide bonds. The lowest BCUT2D eigenvalue weighted by Crippen LogP contribution is -2.47. The zero-order valence-electron chi connectivity index (χ0n) is 23.5. The summed E-state index contributed by atoms with van der Waals surface area (Å²) in [5, 5.41) is 20.6. The third kappa shape index (κ3) is 5.92. The monoisotopic (exact) mass is 546 g/mol. The maximum atomic E-state index is 11.1. The molecule has 210 valence electrons. The second kappa shape index (κ2) is 11.8. The predicted octanol–water partition coefficient (Wildman–Crippen LogP) is 5.83. The molecule has 0 bridgehead atoms. The Kier molecular flexibility index (Phi) is 8.40. The Morgan fingerprint density at radius 2 is 1.68 bits per heavy atom. The molecule has 2 heterocycles. The van der Waals surface area contributed by atoms with Crippen LogP contribution in [0.15, 0.2) is 60.2 Å². The molecular formula is C32H34O8. The maximum Gasteiger partial charge on any atom is 0.270 e. The minimum Gasteiger partial charge on any atom is -0.508 e. The van der Waals surface area contributed by atoms with Gasteiger partial charge < -0.3 is 33.9 Å². The van der Waals surface area contributed by atoms with Crippen molar-refractivity contribution in [2.75, 3.05) is 27.9 Å². The number of phenolic OH excluding ortho intramolecular Hbond substituents is 1. The second-order valence-electron chi connectivity index (χ2n) is 9.73. The van der Waals surface area contributed by atoms with Crippen molar-refractivity contribution in [1.82, 2.24) is 0 Å². The molecule has 1 unspecified atom stereocenters. The predicted molar refractivity (Wildman–Crippen MR) is 153 cm³/mol. The molecular weight excluding hydrogens is 512 g/mol. The van der Waals surface area contributed by atoms with Crippen LogP contribution < -0.4 is 23.7 Å². The van der Waals surface area contributed by atoms with E-state index >= 15 is 0 Å². The molecule has 0 fully saturated rings. The Bertz CT molecular complexity index is 1480. The SMILES string of the molecule is CC(=O)c1ccc(O)c(CC=C(C)C)c1.COc1ccc2c(c1)OC1(O)COc3cc(OC)c(OC)cc3C1=C2. The van der Waals surface area contributed by atoms with Gasteiger partial charge in [-0.25, -0.2) is 0 Å². The summed E-state index contributed by atoms with van der Waals surface area (Å²) in [7, 11) is 4.71. The summed E-state index contributed by atoms with van der Waals surface area (Å²) in [4.78, 5) is 11.1. The number of methoxy groups -OCH3 is 3. The number of Topliss-reactive ketones (excluding diaryl/α,β-unsaturated/α-hetero) is 1. The average molecular weight is 547 g/mol. The number of fused-ring (bicyclic) bond motifs is 4. The molecule has 40 heavy (non-hydrogen) atoms. The van der Waals surface area contributed by atoms with Crippen molar-refractivity contribution in [2.24, 2.45) is 0 Å². The van der Waals surface area contributed by atoms with E-state index in [1.165, 1.54) is 12.5 Å². The van der Waals surface area contributed by atoms with E-state index in [0.717, 1.165) is 11.1 Å². The minimum absolute atomic E-state index is 0.0217. The zero-order chi connectivity index (χ0) is 29.0. The van der Waals surface area contributed by atoms with E-state index in [2.05, 4.69) is 0 Å². The molecule has 0 spiro atoms.